The lowest BCUT2D eigenvalue weighted by molar-refractivity contribution is 0.830. The predicted octanol–water partition coefficient (Wildman–Crippen LogP) is 3.58. The van der Waals surface area contributed by atoms with Crippen LogP contribution in [-0.2, 0) is 6.42 Å². The van der Waals surface area contributed by atoms with Gasteiger partial charge in [-0.15, -0.1) is 0 Å². The van der Waals surface area contributed by atoms with Crippen LogP contribution in [0, 0.1) is 25.2 Å². The van der Waals surface area contributed by atoms with Crippen molar-refractivity contribution in [3.63, 3.8) is 0 Å². The Bertz CT molecular complexity index is 635. The highest BCUT2D eigenvalue weighted by Crippen LogP contribution is 2.23. The average Bonchev–Trinajstić information content (AvgIpc) is 2.64. The Hall–Kier alpha value is -1.79. The van der Waals surface area contributed by atoms with Gasteiger partial charge in [0.1, 0.15) is 6.07 Å². The first kappa shape index (κ1) is 12.7. The van der Waals surface area contributed by atoms with E-state index in [2.05, 4.69) is 18.1 Å². The second-order valence-electron chi connectivity index (χ2n) is 4.19. The zero-order chi connectivity index (χ0) is 13.3. The molecular weight excluding hydrogens is 246 g/mol. The summed E-state index contributed by atoms with van der Waals surface area (Å²) in [5.74, 6) is 0. The molecule has 0 N–H and O–H groups in total. The first-order chi connectivity index (χ1) is 8.58. The third-order valence-corrected chi connectivity index (χ3v) is 3.34. The maximum Gasteiger partial charge on any atom is 0.101 e. The summed E-state index contributed by atoms with van der Waals surface area (Å²) >= 11 is 6.01. The van der Waals surface area contributed by atoms with Crippen LogP contribution in [0.5, 0.6) is 0 Å². The number of aromatic nitrogens is 2. The quantitative estimate of drug-likeness (QED) is 0.827. The average molecular weight is 260 g/mol. The number of hydrogen-bond acceptors (Lipinski definition) is 2. The molecule has 1 heterocycles. The van der Waals surface area contributed by atoms with Gasteiger partial charge >= 0.3 is 0 Å². The van der Waals surface area contributed by atoms with Crippen LogP contribution in [0.25, 0.3) is 5.69 Å². The molecule has 0 aliphatic rings. The Balaban J connectivity index is 2.70. The Morgan fingerprint density at radius 2 is 2.11 bits per heavy atom. The highest BCUT2D eigenvalue weighted by atomic mass is 35.5. The van der Waals surface area contributed by atoms with Gasteiger partial charge in [0.15, 0.2) is 0 Å². The van der Waals surface area contributed by atoms with E-state index in [1.165, 1.54) is 5.56 Å². The van der Waals surface area contributed by atoms with Crippen LogP contribution >= 0.6 is 11.6 Å². The maximum atomic E-state index is 9.16. The number of hydrogen-bond donors (Lipinski definition) is 0. The maximum absolute atomic E-state index is 9.16. The predicted molar refractivity (Wildman–Crippen MR) is 72.1 cm³/mol. The molecule has 92 valence electrons. The highest BCUT2D eigenvalue weighted by molar-refractivity contribution is 6.30. The molecule has 0 radical (unpaired) electrons. The highest BCUT2D eigenvalue weighted by Gasteiger charge is 2.14. The van der Waals surface area contributed by atoms with Crippen LogP contribution in [0.3, 0.4) is 0 Å². The summed E-state index contributed by atoms with van der Waals surface area (Å²) in [6, 6.07) is 7.39. The van der Waals surface area contributed by atoms with Crippen LogP contribution in [0.15, 0.2) is 18.2 Å². The van der Waals surface area contributed by atoms with Gasteiger partial charge in [0.2, 0.25) is 0 Å². The molecule has 0 amide bonds. The monoisotopic (exact) mass is 259 g/mol. The van der Waals surface area contributed by atoms with E-state index in [-0.39, 0.29) is 0 Å². The molecular formula is C14H14ClN3. The van der Waals surface area contributed by atoms with Crippen molar-refractivity contribution in [2.75, 3.05) is 0 Å². The van der Waals surface area contributed by atoms with Gasteiger partial charge in [-0.3, -0.25) is 0 Å². The standard InChI is InChI=1S/C14H14ClN3/c1-4-13-9(2)17-18(10(13)3)14-7-12(15)6-5-11(14)8-16/h5-7H,4H2,1-3H3. The van der Waals surface area contributed by atoms with Gasteiger partial charge in [-0.25, -0.2) is 4.68 Å². The van der Waals surface area contributed by atoms with Gasteiger partial charge in [-0.1, -0.05) is 18.5 Å². The molecule has 2 rings (SSSR count). The Labute approximate surface area is 112 Å². The summed E-state index contributed by atoms with van der Waals surface area (Å²) < 4.78 is 1.80. The van der Waals surface area contributed by atoms with Gasteiger partial charge in [-0.05, 0) is 44.0 Å². The Morgan fingerprint density at radius 1 is 1.39 bits per heavy atom. The largest absolute Gasteiger partial charge is 0.236 e. The summed E-state index contributed by atoms with van der Waals surface area (Å²) in [5, 5.41) is 14.3. The molecule has 0 bridgehead atoms. The lowest BCUT2D eigenvalue weighted by Crippen LogP contribution is -2.02. The van der Waals surface area contributed by atoms with Crippen LogP contribution < -0.4 is 0 Å². The van der Waals surface area contributed by atoms with E-state index >= 15 is 0 Å². The molecule has 0 saturated carbocycles. The van der Waals surface area contributed by atoms with Crippen LogP contribution in [0.2, 0.25) is 5.02 Å². The van der Waals surface area contributed by atoms with Crippen molar-refractivity contribution < 1.29 is 0 Å². The van der Waals surface area contributed by atoms with E-state index in [9.17, 15) is 0 Å². The molecule has 4 heteroatoms. The minimum absolute atomic E-state index is 0.577. The molecule has 0 saturated heterocycles. The SMILES string of the molecule is CCc1c(C)nn(-c2cc(Cl)ccc2C#N)c1C. The fraction of sp³-hybridized carbons (Fsp3) is 0.286. The molecule has 0 unspecified atom stereocenters. The molecule has 1 aromatic heterocycles. The lowest BCUT2D eigenvalue weighted by Gasteiger charge is -2.07. The third-order valence-electron chi connectivity index (χ3n) is 3.10. The van der Waals surface area contributed by atoms with Crippen molar-refractivity contribution in [1.29, 1.82) is 5.26 Å². The van der Waals surface area contributed by atoms with E-state index in [1.54, 1.807) is 22.9 Å². The first-order valence-electron chi connectivity index (χ1n) is 5.83. The van der Waals surface area contributed by atoms with Crippen LogP contribution in [-0.4, -0.2) is 9.78 Å². The molecule has 2 aromatic rings. The summed E-state index contributed by atoms with van der Waals surface area (Å²) in [7, 11) is 0. The fourth-order valence-corrected chi connectivity index (χ4v) is 2.36. The number of nitrogens with zero attached hydrogens (tertiary/aromatic N) is 3. The Kier molecular flexibility index (Phi) is 3.40. The zero-order valence-corrected chi connectivity index (χ0v) is 11.4. The molecule has 0 spiro atoms. The van der Waals surface area contributed by atoms with E-state index in [0.29, 0.717) is 10.6 Å². The normalized spacial score (nSPS) is 10.4. The molecule has 0 fully saturated rings. The fourth-order valence-electron chi connectivity index (χ4n) is 2.20. The number of halogens is 1. The zero-order valence-electron chi connectivity index (χ0n) is 10.7. The minimum Gasteiger partial charge on any atom is -0.236 e. The summed E-state index contributed by atoms with van der Waals surface area (Å²) in [5.41, 5.74) is 4.60. The summed E-state index contributed by atoms with van der Waals surface area (Å²) in [6.45, 7) is 6.10. The number of nitriles is 1. The molecule has 1 aromatic carbocycles. The van der Waals surface area contributed by atoms with Crippen molar-refractivity contribution in [2.24, 2.45) is 0 Å². The van der Waals surface area contributed by atoms with Crippen molar-refractivity contribution in [3.8, 4) is 11.8 Å². The van der Waals surface area contributed by atoms with E-state index in [4.69, 9.17) is 16.9 Å². The van der Waals surface area contributed by atoms with E-state index in [0.717, 1.165) is 23.5 Å². The van der Waals surface area contributed by atoms with Crippen molar-refractivity contribution >= 4 is 11.6 Å². The second kappa shape index (κ2) is 4.83. The van der Waals surface area contributed by atoms with Gasteiger partial charge in [0.25, 0.3) is 0 Å². The smallest absolute Gasteiger partial charge is 0.101 e. The lowest BCUT2D eigenvalue weighted by atomic mass is 10.1. The topological polar surface area (TPSA) is 41.6 Å². The number of rotatable bonds is 2. The number of benzene rings is 1. The van der Waals surface area contributed by atoms with Crippen LogP contribution in [0.1, 0.15) is 29.4 Å². The second-order valence-corrected chi connectivity index (χ2v) is 4.62. The van der Waals surface area contributed by atoms with Gasteiger partial charge < -0.3 is 0 Å². The van der Waals surface area contributed by atoms with Crippen molar-refractivity contribution in [1.82, 2.24) is 9.78 Å². The molecule has 0 atom stereocenters. The third kappa shape index (κ3) is 2.00. The summed E-state index contributed by atoms with van der Waals surface area (Å²) in [6.07, 6.45) is 0.931. The molecule has 0 aliphatic carbocycles. The Morgan fingerprint density at radius 3 is 2.67 bits per heavy atom. The van der Waals surface area contributed by atoms with Crippen LogP contribution in [0.4, 0.5) is 0 Å². The summed E-state index contributed by atoms with van der Waals surface area (Å²) in [4.78, 5) is 0. The van der Waals surface area contributed by atoms with E-state index < -0.39 is 0 Å². The van der Waals surface area contributed by atoms with E-state index in [1.807, 2.05) is 13.8 Å². The molecule has 0 aliphatic heterocycles. The molecule has 3 nitrogen and oxygen atoms in total. The number of aryl methyl sites for hydroxylation is 1. The molecule has 18 heavy (non-hydrogen) atoms. The van der Waals surface area contributed by atoms with Crippen molar-refractivity contribution in [2.45, 2.75) is 27.2 Å². The van der Waals surface area contributed by atoms with Gasteiger partial charge in [0, 0.05) is 10.7 Å². The van der Waals surface area contributed by atoms with Gasteiger partial charge in [-0.2, -0.15) is 10.4 Å². The van der Waals surface area contributed by atoms with Crippen molar-refractivity contribution in [3.05, 3.63) is 45.7 Å². The first-order valence-corrected chi connectivity index (χ1v) is 6.21. The van der Waals surface area contributed by atoms with Gasteiger partial charge in [0.05, 0.1) is 16.9 Å². The minimum atomic E-state index is 0.577.